The van der Waals surface area contributed by atoms with E-state index in [-0.39, 0.29) is 17.6 Å². The third-order valence-electron chi connectivity index (χ3n) is 6.82. The lowest BCUT2D eigenvalue weighted by Crippen LogP contribution is -2.60. The second-order valence-electron chi connectivity index (χ2n) is 8.84. The van der Waals surface area contributed by atoms with Crippen molar-refractivity contribution < 1.29 is 9.32 Å². The van der Waals surface area contributed by atoms with Crippen LogP contribution < -0.4 is 10.2 Å². The van der Waals surface area contributed by atoms with Crippen LogP contribution in [0.25, 0.3) is 0 Å². The maximum Gasteiger partial charge on any atom is 0.227 e. The van der Waals surface area contributed by atoms with Gasteiger partial charge < -0.3 is 15.3 Å². The molecule has 0 amide bonds. The summed E-state index contributed by atoms with van der Waals surface area (Å²) in [4.78, 5) is 12.3. The summed E-state index contributed by atoms with van der Waals surface area (Å²) in [7, 11) is -1.12. The number of aryl methyl sites for hydroxylation is 1. The van der Waals surface area contributed by atoms with Crippen LogP contribution in [0.2, 0.25) is 5.02 Å². The van der Waals surface area contributed by atoms with Crippen LogP contribution in [0.5, 0.6) is 0 Å². The lowest BCUT2D eigenvalue weighted by Gasteiger charge is -2.49. The third-order valence-corrected chi connectivity index (χ3v) is 8.53. The SMILES string of the molecule is N#CCC1(c2ccc(Cl)cc2)CN(c2nc3c(c(NC4(CO)CCC4)n2)[S@](=O)CC3)C1. The van der Waals surface area contributed by atoms with Crippen LogP contribution in [0.15, 0.2) is 29.2 Å². The number of benzene rings is 1. The van der Waals surface area contributed by atoms with Gasteiger partial charge in [0, 0.05) is 42.1 Å². The van der Waals surface area contributed by atoms with Gasteiger partial charge in [-0.3, -0.25) is 4.21 Å². The van der Waals surface area contributed by atoms with Gasteiger partial charge in [-0.15, -0.1) is 0 Å². The van der Waals surface area contributed by atoms with Crippen LogP contribution >= 0.6 is 11.6 Å². The summed E-state index contributed by atoms with van der Waals surface area (Å²) < 4.78 is 12.6. The first-order valence-electron chi connectivity index (χ1n) is 10.5. The number of halogens is 1. The Morgan fingerprint density at radius 3 is 2.61 bits per heavy atom. The summed E-state index contributed by atoms with van der Waals surface area (Å²) in [6.07, 6.45) is 3.86. The Kier molecular flexibility index (Phi) is 5.16. The van der Waals surface area contributed by atoms with Gasteiger partial charge in [-0.2, -0.15) is 10.2 Å². The van der Waals surface area contributed by atoms with E-state index in [1.54, 1.807) is 0 Å². The molecule has 0 unspecified atom stereocenters. The molecule has 31 heavy (non-hydrogen) atoms. The maximum atomic E-state index is 12.6. The Bertz CT molecular complexity index is 1070. The average molecular weight is 458 g/mol. The Morgan fingerprint density at radius 2 is 2.00 bits per heavy atom. The van der Waals surface area contributed by atoms with Gasteiger partial charge in [0.2, 0.25) is 5.95 Å². The third kappa shape index (κ3) is 3.49. The molecule has 9 heteroatoms. The van der Waals surface area contributed by atoms with Crippen LogP contribution in [0.3, 0.4) is 0 Å². The van der Waals surface area contributed by atoms with Crippen molar-refractivity contribution in [2.45, 2.75) is 48.0 Å². The lowest BCUT2D eigenvalue weighted by molar-refractivity contribution is 0.143. The molecule has 2 N–H and O–H groups in total. The summed E-state index contributed by atoms with van der Waals surface area (Å²) in [5.74, 6) is 1.74. The van der Waals surface area contributed by atoms with Crippen molar-refractivity contribution in [2.75, 3.05) is 35.7 Å². The fraction of sp³-hybridized carbons (Fsp3) is 0.500. The van der Waals surface area contributed by atoms with Gasteiger partial charge in [0.25, 0.3) is 0 Å². The number of hydrogen-bond donors (Lipinski definition) is 2. The minimum Gasteiger partial charge on any atom is -0.394 e. The molecule has 0 radical (unpaired) electrons. The molecule has 1 aliphatic carbocycles. The van der Waals surface area contributed by atoms with Crippen LogP contribution in [0.1, 0.15) is 36.9 Å². The van der Waals surface area contributed by atoms with E-state index in [1.807, 2.05) is 24.3 Å². The fourth-order valence-corrected chi connectivity index (χ4v) is 6.20. The summed E-state index contributed by atoms with van der Waals surface area (Å²) in [6.45, 7) is 1.29. The van der Waals surface area contributed by atoms with Crippen molar-refractivity contribution in [3.63, 3.8) is 0 Å². The highest BCUT2D eigenvalue weighted by atomic mass is 35.5. The van der Waals surface area contributed by atoms with E-state index in [9.17, 15) is 14.6 Å². The van der Waals surface area contributed by atoms with Crippen molar-refractivity contribution in [3.8, 4) is 6.07 Å². The maximum absolute atomic E-state index is 12.6. The predicted octanol–water partition coefficient (Wildman–Crippen LogP) is 2.79. The molecule has 5 rings (SSSR count). The van der Waals surface area contributed by atoms with Crippen molar-refractivity contribution >= 4 is 34.2 Å². The minimum absolute atomic E-state index is 0.0271. The number of fused-ring (bicyclic) bond motifs is 1. The molecule has 3 aliphatic rings. The quantitative estimate of drug-likeness (QED) is 0.687. The van der Waals surface area contributed by atoms with Crippen molar-refractivity contribution in [2.24, 2.45) is 0 Å². The Morgan fingerprint density at radius 1 is 1.26 bits per heavy atom. The highest BCUT2D eigenvalue weighted by Crippen LogP contribution is 2.42. The molecule has 7 nitrogen and oxygen atoms in total. The first-order chi connectivity index (χ1) is 15.0. The molecular weight excluding hydrogens is 434 g/mol. The second-order valence-corrected chi connectivity index (χ2v) is 10.8. The zero-order valence-electron chi connectivity index (χ0n) is 17.1. The van der Waals surface area contributed by atoms with Crippen LogP contribution in [-0.2, 0) is 22.6 Å². The molecule has 2 aliphatic heterocycles. The predicted molar refractivity (Wildman–Crippen MR) is 120 cm³/mol. The van der Waals surface area contributed by atoms with E-state index in [0.717, 1.165) is 30.5 Å². The second kappa shape index (κ2) is 7.73. The Labute approximate surface area is 188 Å². The molecule has 3 heterocycles. The van der Waals surface area contributed by atoms with E-state index in [0.29, 0.717) is 53.4 Å². The lowest BCUT2D eigenvalue weighted by atomic mass is 9.71. The number of hydrogen-bond acceptors (Lipinski definition) is 7. The number of aliphatic hydroxyl groups is 1. The van der Waals surface area contributed by atoms with Gasteiger partial charge >= 0.3 is 0 Å². The van der Waals surface area contributed by atoms with E-state index >= 15 is 0 Å². The number of rotatable bonds is 6. The fourth-order valence-electron chi connectivity index (χ4n) is 4.76. The number of aliphatic hydroxyl groups excluding tert-OH is 1. The molecular formula is C22H24ClN5O2S. The topological polar surface area (TPSA) is 102 Å². The molecule has 1 saturated carbocycles. The zero-order valence-corrected chi connectivity index (χ0v) is 18.7. The van der Waals surface area contributed by atoms with Gasteiger partial charge in [0.05, 0.1) is 34.7 Å². The highest BCUT2D eigenvalue weighted by molar-refractivity contribution is 7.85. The number of anilines is 2. The first-order valence-corrected chi connectivity index (χ1v) is 12.2. The van der Waals surface area contributed by atoms with Gasteiger partial charge in [-0.05, 0) is 37.0 Å². The number of nitrogens with zero attached hydrogens (tertiary/aromatic N) is 4. The van der Waals surface area contributed by atoms with Crippen LogP contribution in [-0.4, -0.2) is 50.3 Å². The van der Waals surface area contributed by atoms with Gasteiger partial charge in [0.1, 0.15) is 10.7 Å². The number of nitriles is 1. The largest absolute Gasteiger partial charge is 0.394 e. The Balaban J connectivity index is 1.45. The molecule has 1 saturated heterocycles. The van der Waals surface area contributed by atoms with Gasteiger partial charge in [-0.1, -0.05) is 23.7 Å². The molecule has 162 valence electrons. The van der Waals surface area contributed by atoms with E-state index in [1.165, 1.54) is 0 Å². The molecule has 1 aromatic carbocycles. The molecule has 0 bridgehead atoms. The summed E-state index contributed by atoms with van der Waals surface area (Å²) >= 11 is 6.04. The monoisotopic (exact) mass is 457 g/mol. The van der Waals surface area contributed by atoms with E-state index in [4.69, 9.17) is 21.6 Å². The van der Waals surface area contributed by atoms with Crippen molar-refractivity contribution in [3.05, 3.63) is 40.5 Å². The molecule has 1 atom stereocenters. The summed E-state index contributed by atoms with van der Waals surface area (Å²) in [6, 6.07) is 10.0. The van der Waals surface area contributed by atoms with Gasteiger partial charge in [0.15, 0.2) is 0 Å². The average Bonchev–Trinajstić information content (AvgIpc) is 3.09. The van der Waals surface area contributed by atoms with Gasteiger partial charge in [-0.25, -0.2) is 4.98 Å². The smallest absolute Gasteiger partial charge is 0.227 e. The standard InChI is InChI=1S/C22H24ClN5O2S/c23-16-4-2-15(3-5-16)21(9-10-24)12-28(13-21)20-25-17-6-11-31(30)18(17)19(26-20)27-22(14-29)7-1-8-22/h2-5,29H,1,6-9,11-14H2,(H,25,26,27)/t31-/m1/s1. The number of aromatic nitrogens is 2. The summed E-state index contributed by atoms with van der Waals surface area (Å²) in [5, 5.41) is 23.4. The van der Waals surface area contributed by atoms with Crippen molar-refractivity contribution in [1.29, 1.82) is 5.26 Å². The first kappa shape index (κ1) is 20.7. The van der Waals surface area contributed by atoms with Crippen LogP contribution in [0, 0.1) is 11.3 Å². The molecule has 1 aromatic heterocycles. The summed E-state index contributed by atoms with van der Waals surface area (Å²) in [5.41, 5.74) is 1.25. The van der Waals surface area contributed by atoms with Crippen molar-refractivity contribution in [1.82, 2.24) is 9.97 Å². The molecule has 0 spiro atoms. The molecule has 2 fully saturated rings. The van der Waals surface area contributed by atoms with E-state index in [2.05, 4.69) is 16.3 Å². The number of nitrogens with one attached hydrogen (secondary N) is 1. The van der Waals surface area contributed by atoms with Crippen LogP contribution in [0.4, 0.5) is 11.8 Å². The highest BCUT2D eigenvalue weighted by Gasteiger charge is 2.46. The minimum atomic E-state index is -1.12. The molecule has 2 aromatic rings. The van der Waals surface area contributed by atoms with E-state index < -0.39 is 10.8 Å². The Hall–Kier alpha value is -2.21. The zero-order chi connectivity index (χ0) is 21.6. The normalized spacial score (nSPS) is 22.7.